The van der Waals surface area contributed by atoms with Crippen LogP contribution in [0.1, 0.15) is 79.9 Å². The van der Waals surface area contributed by atoms with Gasteiger partial charge in [-0.05, 0) is 69.1 Å². The highest BCUT2D eigenvalue weighted by Gasteiger charge is 2.48. The van der Waals surface area contributed by atoms with Crippen LogP contribution in [0.25, 0.3) is 0 Å². The standard InChI is InChI=1S/C24H40ClNO3S/c1-16(2)20(21(27)29-10)24(9,26-30(28)23(6,7)8)18-12-11-17(19(25)15-18)13-14-22(3,4)5/h11-12,15-16,20,26H,13-14H2,1-10H3/t20?,24?,30-/m0/s1. The van der Waals surface area contributed by atoms with Gasteiger partial charge in [0.25, 0.3) is 0 Å². The molecule has 0 radical (unpaired) electrons. The first-order valence-corrected chi connectivity index (χ1v) is 12.1. The van der Waals surface area contributed by atoms with E-state index >= 15 is 0 Å². The zero-order chi connectivity index (χ0) is 23.5. The predicted molar refractivity (Wildman–Crippen MR) is 128 cm³/mol. The Morgan fingerprint density at radius 2 is 1.73 bits per heavy atom. The molecule has 30 heavy (non-hydrogen) atoms. The first-order valence-electron chi connectivity index (χ1n) is 10.6. The average molecular weight is 458 g/mol. The SMILES string of the molecule is COC(=O)C(C(C)C)C(C)(N[S@@+]([O-])C(C)(C)C)c1ccc(CCC(C)(C)C)c(Cl)c1. The summed E-state index contributed by atoms with van der Waals surface area (Å²) in [5.74, 6) is -0.907. The smallest absolute Gasteiger partial charge is 0.311 e. The van der Waals surface area contributed by atoms with Gasteiger partial charge in [-0.3, -0.25) is 4.79 Å². The molecule has 0 spiro atoms. The average Bonchev–Trinajstić information content (AvgIpc) is 2.58. The third-order valence-electron chi connectivity index (χ3n) is 5.40. The lowest BCUT2D eigenvalue weighted by Gasteiger charge is -2.41. The molecule has 1 rings (SSSR count). The molecule has 2 unspecified atom stereocenters. The lowest BCUT2D eigenvalue weighted by Crippen LogP contribution is -2.56. The van der Waals surface area contributed by atoms with Gasteiger partial charge < -0.3 is 9.29 Å². The second kappa shape index (κ2) is 10.2. The molecule has 1 aromatic rings. The fourth-order valence-electron chi connectivity index (χ4n) is 3.53. The number of hydrogen-bond donors (Lipinski definition) is 1. The van der Waals surface area contributed by atoms with Gasteiger partial charge >= 0.3 is 5.97 Å². The van der Waals surface area contributed by atoms with E-state index in [4.69, 9.17) is 16.3 Å². The van der Waals surface area contributed by atoms with E-state index < -0.39 is 27.6 Å². The van der Waals surface area contributed by atoms with Gasteiger partial charge in [-0.2, -0.15) is 0 Å². The molecule has 6 heteroatoms. The molecular formula is C24H40ClNO3S. The summed E-state index contributed by atoms with van der Waals surface area (Å²) >= 11 is 5.28. The molecule has 0 amide bonds. The fourth-order valence-corrected chi connectivity index (χ4v) is 4.74. The minimum atomic E-state index is -1.39. The van der Waals surface area contributed by atoms with Crippen LogP contribution in [0.15, 0.2) is 18.2 Å². The number of methoxy groups -OCH3 is 1. The Labute approximate surface area is 191 Å². The zero-order valence-electron chi connectivity index (χ0n) is 20.3. The van der Waals surface area contributed by atoms with Crippen molar-refractivity contribution in [2.75, 3.05) is 7.11 Å². The number of carbonyl (C=O) groups is 1. The van der Waals surface area contributed by atoms with Crippen molar-refractivity contribution in [2.24, 2.45) is 17.3 Å². The number of hydrogen-bond acceptors (Lipinski definition) is 4. The van der Waals surface area contributed by atoms with E-state index in [0.717, 1.165) is 24.0 Å². The first-order chi connectivity index (χ1) is 13.5. The second-order valence-electron chi connectivity index (χ2n) is 10.8. The van der Waals surface area contributed by atoms with Gasteiger partial charge in [0.1, 0.15) is 4.75 Å². The third-order valence-corrected chi connectivity index (χ3v) is 7.48. The van der Waals surface area contributed by atoms with E-state index in [9.17, 15) is 9.35 Å². The van der Waals surface area contributed by atoms with Gasteiger partial charge in [0, 0.05) is 16.4 Å². The van der Waals surface area contributed by atoms with Gasteiger partial charge in [0.15, 0.2) is 0 Å². The lowest BCUT2D eigenvalue weighted by molar-refractivity contribution is -0.150. The van der Waals surface area contributed by atoms with Crippen LogP contribution in [0, 0.1) is 17.3 Å². The van der Waals surface area contributed by atoms with E-state index in [1.165, 1.54) is 7.11 Å². The monoisotopic (exact) mass is 457 g/mol. The maximum atomic E-state index is 13.1. The van der Waals surface area contributed by atoms with E-state index in [0.29, 0.717) is 5.02 Å². The fraction of sp³-hybridized carbons (Fsp3) is 0.708. The van der Waals surface area contributed by atoms with Crippen LogP contribution >= 0.6 is 11.6 Å². The quantitative estimate of drug-likeness (QED) is 0.382. The van der Waals surface area contributed by atoms with Gasteiger partial charge in [-0.25, -0.2) is 0 Å². The number of halogens is 1. The zero-order valence-corrected chi connectivity index (χ0v) is 21.9. The van der Waals surface area contributed by atoms with Gasteiger partial charge in [0.2, 0.25) is 0 Å². The van der Waals surface area contributed by atoms with Gasteiger partial charge in [0.05, 0.1) is 18.6 Å². The highest BCUT2D eigenvalue weighted by Crippen LogP contribution is 2.39. The van der Waals surface area contributed by atoms with Gasteiger partial charge in [-0.15, -0.1) is 4.72 Å². The molecule has 0 aliphatic rings. The second-order valence-corrected chi connectivity index (χ2v) is 13.2. The molecule has 0 aliphatic carbocycles. The van der Waals surface area contributed by atoms with Crippen molar-refractivity contribution in [1.82, 2.24) is 4.72 Å². The van der Waals surface area contributed by atoms with Crippen molar-refractivity contribution >= 4 is 28.9 Å². The van der Waals surface area contributed by atoms with Crippen molar-refractivity contribution in [3.8, 4) is 0 Å². The van der Waals surface area contributed by atoms with Crippen LogP contribution in [-0.2, 0) is 32.9 Å². The van der Waals surface area contributed by atoms with Crippen molar-refractivity contribution < 1.29 is 14.1 Å². The lowest BCUT2D eigenvalue weighted by atomic mass is 9.74. The molecule has 0 saturated heterocycles. The van der Waals surface area contributed by atoms with E-state index in [1.807, 2.05) is 59.7 Å². The molecule has 0 aromatic heterocycles. The summed E-state index contributed by atoms with van der Waals surface area (Å²) in [6.07, 6.45) is 1.90. The summed E-state index contributed by atoms with van der Waals surface area (Å²) < 4.78 is 21.0. The van der Waals surface area contributed by atoms with Crippen LogP contribution in [0.2, 0.25) is 5.02 Å². The Kier molecular flexibility index (Phi) is 9.32. The van der Waals surface area contributed by atoms with Crippen LogP contribution in [-0.4, -0.2) is 22.4 Å². The third kappa shape index (κ3) is 7.15. The van der Waals surface area contributed by atoms with Gasteiger partial charge in [-0.1, -0.05) is 58.4 Å². The molecule has 0 saturated carbocycles. The Morgan fingerprint density at radius 3 is 2.13 bits per heavy atom. The molecule has 4 nitrogen and oxygen atoms in total. The maximum Gasteiger partial charge on any atom is 0.311 e. The van der Waals surface area contributed by atoms with E-state index in [-0.39, 0.29) is 17.3 Å². The Balaban J connectivity index is 3.47. The molecule has 1 N–H and O–H groups in total. The van der Waals surface area contributed by atoms with Crippen molar-refractivity contribution in [1.29, 1.82) is 0 Å². The topological polar surface area (TPSA) is 61.4 Å². The number of rotatable bonds is 8. The largest absolute Gasteiger partial charge is 0.598 e. The Morgan fingerprint density at radius 1 is 1.17 bits per heavy atom. The molecular weight excluding hydrogens is 418 g/mol. The minimum Gasteiger partial charge on any atom is -0.598 e. The maximum absolute atomic E-state index is 13.1. The van der Waals surface area contributed by atoms with Crippen molar-refractivity contribution in [2.45, 2.75) is 85.4 Å². The van der Waals surface area contributed by atoms with Crippen molar-refractivity contribution in [3.63, 3.8) is 0 Å². The first kappa shape index (κ1) is 27.3. The Hall–Kier alpha value is -0.750. The van der Waals surface area contributed by atoms with E-state index in [2.05, 4.69) is 25.5 Å². The normalized spacial score (nSPS) is 16.8. The summed E-state index contributed by atoms with van der Waals surface area (Å²) in [5.41, 5.74) is 1.21. The molecule has 172 valence electrons. The number of esters is 1. The Bertz CT molecular complexity index is 724. The summed E-state index contributed by atoms with van der Waals surface area (Å²) in [6, 6.07) is 5.93. The molecule has 3 atom stereocenters. The molecule has 0 fully saturated rings. The number of nitrogens with one attached hydrogen (secondary N) is 1. The number of benzene rings is 1. The van der Waals surface area contributed by atoms with Crippen LogP contribution in [0.5, 0.6) is 0 Å². The van der Waals surface area contributed by atoms with Crippen LogP contribution < -0.4 is 4.72 Å². The number of ether oxygens (including phenoxy) is 1. The predicted octanol–water partition coefficient (Wildman–Crippen LogP) is 6.03. The highest BCUT2D eigenvalue weighted by molar-refractivity contribution is 7.90. The molecule has 0 aliphatic heterocycles. The minimum absolute atomic E-state index is 0.0359. The number of aryl methyl sites for hydroxylation is 1. The highest BCUT2D eigenvalue weighted by atomic mass is 35.5. The summed E-state index contributed by atoms with van der Waals surface area (Å²) in [4.78, 5) is 12.8. The number of carbonyl (C=O) groups excluding carboxylic acids is 1. The summed E-state index contributed by atoms with van der Waals surface area (Å²) in [5, 5.41) is 0.665. The molecule has 0 heterocycles. The van der Waals surface area contributed by atoms with Crippen molar-refractivity contribution in [3.05, 3.63) is 34.3 Å². The van der Waals surface area contributed by atoms with Crippen LogP contribution in [0.4, 0.5) is 0 Å². The summed E-state index contributed by atoms with van der Waals surface area (Å²) in [6.45, 7) is 18.2. The summed E-state index contributed by atoms with van der Waals surface area (Å²) in [7, 11) is 1.39. The molecule has 0 bridgehead atoms. The van der Waals surface area contributed by atoms with Crippen LogP contribution in [0.3, 0.4) is 0 Å². The van der Waals surface area contributed by atoms with E-state index in [1.54, 1.807) is 0 Å². The molecule has 1 aromatic carbocycles.